The van der Waals surface area contributed by atoms with E-state index >= 15 is 0 Å². The highest BCUT2D eigenvalue weighted by Gasteiger charge is 2.17. The zero-order valence-electron chi connectivity index (χ0n) is 12.1. The molecule has 1 saturated heterocycles. The number of benzene rings is 1. The van der Waals surface area contributed by atoms with E-state index in [0.29, 0.717) is 18.4 Å². The van der Waals surface area contributed by atoms with Crippen molar-refractivity contribution in [3.63, 3.8) is 0 Å². The average molecular weight is 340 g/mol. The molecular weight excluding hydrogens is 318 g/mol. The fourth-order valence-electron chi connectivity index (χ4n) is 2.53. The molecule has 1 aliphatic rings. The van der Waals surface area contributed by atoms with E-state index in [-0.39, 0.29) is 0 Å². The lowest BCUT2D eigenvalue weighted by molar-refractivity contribution is 0.270. The standard InChI is InChI=1S/C15H22BrN3O/c1-11-4-3-7-19(10-11)15(17)18-9-12-8-13(16)5-6-14(12)20-2/h5-6,8,11H,3-4,7,9-10H2,1-2H3,(H2,17,18). The van der Waals surface area contributed by atoms with Crippen LogP contribution in [0.2, 0.25) is 0 Å². The number of hydrogen-bond donors (Lipinski definition) is 1. The Morgan fingerprint density at radius 1 is 1.55 bits per heavy atom. The molecule has 1 aromatic rings. The van der Waals surface area contributed by atoms with Gasteiger partial charge in [0.2, 0.25) is 0 Å². The summed E-state index contributed by atoms with van der Waals surface area (Å²) >= 11 is 3.47. The Bertz CT molecular complexity index is 490. The van der Waals surface area contributed by atoms with Crippen molar-refractivity contribution in [1.29, 1.82) is 0 Å². The number of hydrogen-bond acceptors (Lipinski definition) is 2. The molecule has 1 unspecified atom stereocenters. The molecule has 1 atom stereocenters. The Balaban J connectivity index is 2.06. The van der Waals surface area contributed by atoms with Gasteiger partial charge in [0.05, 0.1) is 13.7 Å². The number of guanidine groups is 1. The third-order valence-corrected chi connectivity index (χ3v) is 4.13. The molecule has 0 amide bonds. The third-order valence-electron chi connectivity index (χ3n) is 3.63. The van der Waals surface area contributed by atoms with Gasteiger partial charge < -0.3 is 15.4 Å². The first-order valence-corrected chi connectivity index (χ1v) is 7.76. The minimum Gasteiger partial charge on any atom is -0.496 e. The maximum Gasteiger partial charge on any atom is 0.191 e. The fraction of sp³-hybridized carbons (Fsp3) is 0.533. The smallest absolute Gasteiger partial charge is 0.191 e. The highest BCUT2D eigenvalue weighted by molar-refractivity contribution is 9.10. The Kier molecular flexibility index (Phi) is 5.29. The Hall–Kier alpha value is -1.23. The van der Waals surface area contributed by atoms with Gasteiger partial charge in [-0.25, -0.2) is 4.99 Å². The van der Waals surface area contributed by atoms with Crippen LogP contribution in [0.4, 0.5) is 0 Å². The summed E-state index contributed by atoms with van der Waals surface area (Å²) < 4.78 is 6.37. The van der Waals surface area contributed by atoms with Crippen molar-refractivity contribution in [3.05, 3.63) is 28.2 Å². The molecule has 1 aromatic carbocycles. The van der Waals surface area contributed by atoms with Crippen LogP contribution >= 0.6 is 15.9 Å². The van der Waals surface area contributed by atoms with E-state index in [2.05, 4.69) is 32.7 Å². The fourth-order valence-corrected chi connectivity index (χ4v) is 2.94. The van der Waals surface area contributed by atoms with Gasteiger partial charge in [-0.2, -0.15) is 0 Å². The van der Waals surface area contributed by atoms with Gasteiger partial charge in [-0.1, -0.05) is 22.9 Å². The van der Waals surface area contributed by atoms with Crippen LogP contribution in [0.25, 0.3) is 0 Å². The summed E-state index contributed by atoms with van der Waals surface area (Å²) in [6, 6.07) is 5.92. The molecule has 2 rings (SSSR count). The van der Waals surface area contributed by atoms with E-state index < -0.39 is 0 Å². The summed E-state index contributed by atoms with van der Waals surface area (Å²) in [4.78, 5) is 6.70. The highest BCUT2D eigenvalue weighted by atomic mass is 79.9. The summed E-state index contributed by atoms with van der Waals surface area (Å²) in [6.07, 6.45) is 2.47. The molecule has 0 aromatic heterocycles. The summed E-state index contributed by atoms with van der Waals surface area (Å²) in [6.45, 7) is 4.82. The average Bonchev–Trinajstić information content (AvgIpc) is 2.45. The number of ether oxygens (including phenoxy) is 1. The number of halogens is 1. The van der Waals surface area contributed by atoms with E-state index in [1.54, 1.807) is 7.11 Å². The van der Waals surface area contributed by atoms with Crippen LogP contribution in [0.3, 0.4) is 0 Å². The van der Waals surface area contributed by atoms with Crippen molar-refractivity contribution in [1.82, 2.24) is 4.90 Å². The zero-order chi connectivity index (χ0) is 14.5. The van der Waals surface area contributed by atoms with Gasteiger partial charge in [0, 0.05) is 23.1 Å². The molecule has 20 heavy (non-hydrogen) atoms. The summed E-state index contributed by atoms with van der Waals surface area (Å²) in [5.74, 6) is 2.17. The van der Waals surface area contributed by atoms with Crippen molar-refractivity contribution in [2.75, 3.05) is 20.2 Å². The van der Waals surface area contributed by atoms with Gasteiger partial charge >= 0.3 is 0 Å². The molecule has 1 aliphatic heterocycles. The Labute approximate surface area is 129 Å². The Morgan fingerprint density at radius 2 is 2.35 bits per heavy atom. The summed E-state index contributed by atoms with van der Waals surface area (Å²) in [7, 11) is 1.67. The van der Waals surface area contributed by atoms with Crippen molar-refractivity contribution in [2.24, 2.45) is 16.6 Å². The second kappa shape index (κ2) is 6.97. The molecule has 5 heteroatoms. The summed E-state index contributed by atoms with van der Waals surface area (Å²) in [5.41, 5.74) is 7.15. The van der Waals surface area contributed by atoms with Gasteiger partial charge in [-0.05, 0) is 37.0 Å². The van der Waals surface area contributed by atoms with Crippen LogP contribution in [0.5, 0.6) is 5.75 Å². The van der Waals surface area contributed by atoms with E-state index in [9.17, 15) is 0 Å². The lowest BCUT2D eigenvalue weighted by atomic mass is 10.0. The van der Waals surface area contributed by atoms with Gasteiger partial charge in [0.25, 0.3) is 0 Å². The summed E-state index contributed by atoms with van der Waals surface area (Å²) in [5, 5.41) is 0. The molecule has 1 fully saturated rings. The first kappa shape index (κ1) is 15.2. The minimum atomic E-state index is 0.541. The number of nitrogens with zero attached hydrogens (tertiary/aromatic N) is 2. The lowest BCUT2D eigenvalue weighted by Gasteiger charge is -2.31. The van der Waals surface area contributed by atoms with Gasteiger partial charge in [-0.3, -0.25) is 0 Å². The second-order valence-corrected chi connectivity index (χ2v) is 6.24. The van der Waals surface area contributed by atoms with E-state index in [4.69, 9.17) is 10.5 Å². The minimum absolute atomic E-state index is 0.541. The van der Waals surface area contributed by atoms with Crippen LogP contribution < -0.4 is 10.5 Å². The number of rotatable bonds is 3. The van der Waals surface area contributed by atoms with Gasteiger partial charge in [-0.15, -0.1) is 0 Å². The molecule has 110 valence electrons. The molecule has 0 spiro atoms. The number of piperidine rings is 1. The lowest BCUT2D eigenvalue weighted by Crippen LogP contribution is -2.43. The van der Waals surface area contributed by atoms with Crippen molar-refractivity contribution in [3.8, 4) is 5.75 Å². The van der Waals surface area contributed by atoms with Crippen LogP contribution in [0.15, 0.2) is 27.7 Å². The normalized spacial score (nSPS) is 20.1. The third kappa shape index (κ3) is 3.88. The first-order chi connectivity index (χ1) is 9.60. The van der Waals surface area contributed by atoms with Crippen LogP contribution in [-0.2, 0) is 6.54 Å². The first-order valence-electron chi connectivity index (χ1n) is 6.97. The predicted octanol–water partition coefficient (Wildman–Crippen LogP) is 3.00. The molecule has 1 heterocycles. The predicted molar refractivity (Wildman–Crippen MR) is 86.0 cm³/mol. The molecule has 0 saturated carbocycles. The largest absolute Gasteiger partial charge is 0.496 e. The number of likely N-dealkylation sites (tertiary alicyclic amines) is 1. The number of nitrogens with two attached hydrogens (primary N) is 1. The van der Waals surface area contributed by atoms with Crippen molar-refractivity contribution >= 4 is 21.9 Å². The molecule has 4 nitrogen and oxygen atoms in total. The molecular formula is C15H22BrN3O. The molecule has 2 N–H and O–H groups in total. The van der Waals surface area contributed by atoms with E-state index in [1.807, 2.05) is 18.2 Å². The SMILES string of the molecule is COc1ccc(Br)cc1CN=C(N)N1CCCC(C)C1. The molecule has 0 radical (unpaired) electrons. The maximum atomic E-state index is 6.11. The number of methoxy groups -OCH3 is 1. The number of aliphatic imine (C=N–C) groups is 1. The van der Waals surface area contributed by atoms with E-state index in [1.165, 1.54) is 12.8 Å². The quantitative estimate of drug-likeness (QED) is 0.680. The van der Waals surface area contributed by atoms with Gasteiger partial charge in [0.15, 0.2) is 5.96 Å². The van der Waals surface area contributed by atoms with Crippen LogP contribution in [0, 0.1) is 5.92 Å². The van der Waals surface area contributed by atoms with Crippen LogP contribution in [0.1, 0.15) is 25.3 Å². The van der Waals surface area contributed by atoms with Crippen molar-refractivity contribution < 1.29 is 4.74 Å². The molecule has 0 bridgehead atoms. The Morgan fingerprint density at radius 3 is 3.05 bits per heavy atom. The second-order valence-electron chi connectivity index (χ2n) is 5.32. The molecule has 0 aliphatic carbocycles. The van der Waals surface area contributed by atoms with E-state index in [0.717, 1.165) is 28.9 Å². The van der Waals surface area contributed by atoms with Crippen molar-refractivity contribution in [2.45, 2.75) is 26.3 Å². The monoisotopic (exact) mass is 339 g/mol. The zero-order valence-corrected chi connectivity index (χ0v) is 13.7. The topological polar surface area (TPSA) is 50.9 Å². The maximum absolute atomic E-state index is 6.11. The highest BCUT2D eigenvalue weighted by Crippen LogP contribution is 2.24. The van der Waals surface area contributed by atoms with Crippen LogP contribution in [-0.4, -0.2) is 31.1 Å². The van der Waals surface area contributed by atoms with Gasteiger partial charge in [0.1, 0.15) is 5.75 Å².